The molecule has 0 aromatic carbocycles. The number of amides is 1. The topological polar surface area (TPSA) is 107 Å². The Morgan fingerprint density at radius 1 is 1.30 bits per heavy atom. The molecule has 1 atom stereocenters. The zero-order chi connectivity index (χ0) is 21.9. The number of nitrogens with one attached hydrogen (secondary N) is 1. The third-order valence-electron chi connectivity index (χ3n) is 4.48. The summed E-state index contributed by atoms with van der Waals surface area (Å²) in [6.45, 7) is 8.64. The number of carbonyl (C=O) groups is 2. The van der Waals surface area contributed by atoms with E-state index < -0.39 is 11.6 Å². The Hall–Kier alpha value is -2.75. The van der Waals surface area contributed by atoms with Gasteiger partial charge in [-0.25, -0.2) is 24.5 Å². The van der Waals surface area contributed by atoms with Crippen LogP contribution in [0.4, 0.5) is 15.7 Å². The Balaban J connectivity index is 1.73. The van der Waals surface area contributed by atoms with E-state index in [-0.39, 0.29) is 12.0 Å². The minimum absolute atomic E-state index is 0.0930. The number of anilines is 2. The first kappa shape index (κ1) is 21.9. The van der Waals surface area contributed by atoms with E-state index in [4.69, 9.17) is 9.47 Å². The van der Waals surface area contributed by atoms with Crippen LogP contribution in [0.3, 0.4) is 0 Å². The predicted octanol–water partition coefficient (Wildman–Crippen LogP) is 3.89. The highest BCUT2D eigenvalue weighted by Gasteiger charge is 2.29. The molecule has 9 nitrogen and oxygen atoms in total. The maximum atomic E-state index is 12.5. The van der Waals surface area contributed by atoms with Gasteiger partial charge in [0, 0.05) is 25.1 Å². The van der Waals surface area contributed by atoms with Gasteiger partial charge in [0.05, 0.1) is 19.0 Å². The number of carbonyl (C=O) groups excluding carboxylic acids is 2. The van der Waals surface area contributed by atoms with Gasteiger partial charge in [-0.05, 0) is 40.5 Å². The summed E-state index contributed by atoms with van der Waals surface area (Å²) in [6.07, 6.45) is 2.98. The molecular weight excluding hydrogens is 406 g/mol. The highest BCUT2D eigenvalue weighted by atomic mass is 32.1. The molecule has 1 aliphatic heterocycles. The van der Waals surface area contributed by atoms with Crippen LogP contribution in [0.1, 0.15) is 60.7 Å². The Bertz CT molecular complexity index is 924. The molecule has 3 rings (SSSR count). The number of piperidine rings is 1. The second kappa shape index (κ2) is 8.95. The maximum absolute atomic E-state index is 12.5. The predicted molar refractivity (Wildman–Crippen MR) is 113 cm³/mol. The normalized spacial score (nSPS) is 16.8. The number of thiazole rings is 1. The molecule has 3 heterocycles. The van der Waals surface area contributed by atoms with Gasteiger partial charge in [0.2, 0.25) is 0 Å². The molecule has 0 aliphatic carbocycles. The average molecular weight is 434 g/mol. The molecule has 1 aliphatic rings. The molecule has 0 bridgehead atoms. The van der Waals surface area contributed by atoms with Crippen molar-refractivity contribution in [3.8, 4) is 0 Å². The molecule has 1 N–H and O–H groups in total. The van der Waals surface area contributed by atoms with Gasteiger partial charge in [-0.15, -0.1) is 0 Å². The zero-order valence-corrected chi connectivity index (χ0v) is 18.7. The summed E-state index contributed by atoms with van der Waals surface area (Å²) in [5.74, 6) is 0.881. The molecule has 0 spiro atoms. The van der Waals surface area contributed by atoms with E-state index >= 15 is 0 Å². The van der Waals surface area contributed by atoms with Crippen LogP contribution < -0.4 is 5.32 Å². The van der Waals surface area contributed by atoms with Crippen molar-refractivity contribution in [3.63, 3.8) is 0 Å². The van der Waals surface area contributed by atoms with Gasteiger partial charge in [0.1, 0.15) is 22.1 Å². The molecule has 2 aromatic rings. The van der Waals surface area contributed by atoms with Crippen molar-refractivity contribution in [2.75, 3.05) is 25.5 Å². The second-order valence-electron chi connectivity index (χ2n) is 8.14. The largest absolute Gasteiger partial charge is 0.465 e. The van der Waals surface area contributed by atoms with Gasteiger partial charge in [0.25, 0.3) is 0 Å². The molecule has 1 amide bonds. The number of likely N-dealkylation sites (tertiary alicyclic amines) is 1. The van der Waals surface area contributed by atoms with E-state index in [9.17, 15) is 9.59 Å². The minimum atomic E-state index is -0.524. The maximum Gasteiger partial charge on any atom is 0.410 e. The molecule has 1 saturated heterocycles. The monoisotopic (exact) mass is 433 g/mol. The van der Waals surface area contributed by atoms with Gasteiger partial charge in [-0.2, -0.15) is 0 Å². The lowest BCUT2D eigenvalue weighted by molar-refractivity contribution is 0.0197. The molecule has 10 heteroatoms. The van der Waals surface area contributed by atoms with Crippen LogP contribution >= 0.6 is 11.3 Å². The Labute approximate surface area is 179 Å². The smallest absolute Gasteiger partial charge is 0.410 e. The summed E-state index contributed by atoms with van der Waals surface area (Å²) >= 11 is 1.19. The minimum Gasteiger partial charge on any atom is -0.465 e. The van der Waals surface area contributed by atoms with Crippen LogP contribution in [0.15, 0.2) is 12.3 Å². The second-order valence-corrected chi connectivity index (χ2v) is 9.17. The van der Waals surface area contributed by atoms with Crippen LogP contribution in [0.25, 0.3) is 0 Å². The number of aryl methyl sites for hydroxylation is 1. The fraction of sp³-hybridized carbons (Fsp3) is 0.550. The zero-order valence-electron chi connectivity index (χ0n) is 17.9. The van der Waals surface area contributed by atoms with Crippen LogP contribution in [0.5, 0.6) is 0 Å². The Kier molecular flexibility index (Phi) is 6.55. The lowest BCUT2D eigenvalue weighted by Crippen LogP contribution is -2.42. The molecule has 1 fully saturated rings. The number of ether oxygens (including phenoxy) is 2. The first-order valence-electron chi connectivity index (χ1n) is 9.79. The molecule has 0 unspecified atom stereocenters. The first-order valence-corrected chi connectivity index (χ1v) is 10.6. The summed E-state index contributed by atoms with van der Waals surface area (Å²) in [5.41, 5.74) is 0.339. The van der Waals surface area contributed by atoms with E-state index in [0.29, 0.717) is 34.7 Å². The fourth-order valence-corrected chi connectivity index (χ4v) is 3.95. The summed E-state index contributed by atoms with van der Waals surface area (Å²) < 4.78 is 10.2. The molecular formula is C20H27N5O4S. The fourth-order valence-electron chi connectivity index (χ4n) is 3.21. The van der Waals surface area contributed by atoms with Gasteiger partial charge >= 0.3 is 12.1 Å². The molecule has 0 saturated carbocycles. The quantitative estimate of drug-likeness (QED) is 0.724. The number of rotatable bonds is 4. The van der Waals surface area contributed by atoms with Crippen LogP contribution in [0, 0.1) is 6.92 Å². The van der Waals surface area contributed by atoms with Crippen molar-refractivity contribution in [1.82, 2.24) is 19.9 Å². The molecule has 162 valence electrons. The number of esters is 1. The highest BCUT2D eigenvalue weighted by molar-refractivity contribution is 7.17. The SMILES string of the molecule is COC(=O)c1cnc(Nc2cc([C@H]3CCCN(C(=O)OC(C)(C)C)C3)nc(C)n2)s1. The molecule has 30 heavy (non-hydrogen) atoms. The Morgan fingerprint density at radius 2 is 2.07 bits per heavy atom. The number of aromatic nitrogens is 3. The average Bonchev–Trinajstić information content (AvgIpc) is 3.14. The van der Waals surface area contributed by atoms with E-state index in [1.54, 1.807) is 4.90 Å². The van der Waals surface area contributed by atoms with Crippen LogP contribution in [-0.4, -0.2) is 57.7 Å². The number of hydrogen-bond donors (Lipinski definition) is 1. The van der Waals surface area contributed by atoms with Crippen molar-refractivity contribution in [2.24, 2.45) is 0 Å². The van der Waals surface area contributed by atoms with Gasteiger partial charge in [0.15, 0.2) is 5.13 Å². The van der Waals surface area contributed by atoms with Gasteiger partial charge < -0.3 is 19.7 Å². The lowest BCUT2D eigenvalue weighted by Gasteiger charge is -2.34. The van der Waals surface area contributed by atoms with E-state index in [0.717, 1.165) is 18.5 Å². The third kappa shape index (κ3) is 5.65. The Morgan fingerprint density at radius 3 is 2.77 bits per heavy atom. The van der Waals surface area contributed by atoms with Gasteiger partial charge in [-0.1, -0.05) is 11.3 Å². The van der Waals surface area contributed by atoms with E-state index in [2.05, 4.69) is 20.3 Å². The van der Waals surface area contributed by atoms with Crippen molar-refractivity contribution in [3.05, 3.63) is 28.7 Å². The highest BCUT2D eigenvalue weighted by Crippen LogP contribution is 2.29. The summed E-state index contributed by atoms with van der Waals surface area (Å²) in [7, 11) is 1.33. The van der Waals surface area contributed by atoms with Gasteiger partial charge in [-0.3, -0.25) is 0 Å². The van der Waals surface area contributed by atoms with Crippen molar-refractivity contribution in [2.45, 2.75) is 52.1 Å². The van der Waals surface area contributed by atoms with E-state index in [1.807, 2.05) is 33.8 Å². The lowest BCUT2D eigenvalue weighted by atomic mass is 9.94. The number of hydrogen-bond acceptors (Lipinski definition) is 9. The molecule has 2 aromatic heterocycles. The summed E-state index contributed by atoms with van der Waals surface area (Å²) in [6, 6.07) is 1.87. The third-order valence-corrected chi connectivity index (χ3v) is 5.37. The van der Waals surface area contributed by atoms with E-state index in [1.165, 1.54) is 24.6 Å². The van der Waals surface area contributed by atoms with Crippen molar-refractivity contribution >= 4 is 34.3 Å². The van der Waals surface area contributed by atoms with Crippen molar-refractivity contribution < 1.29 is 19.1 Å². The summed E-state index contributed by atoms with van der Waals surface area (Å²) in [4.78, 5) is 39.4. The van der Waals surface area contributed by atoms with Crippen LogP contribution in [0.2, 0.25) is 0 Å². The van der Waals surface area contributed by atoms with Crippen LogP contribution in [-0.2, 0) is 9.47 Å². The standard InChI is InChI=1S/C20H27N5O4S/c1-12-22-14(13-7-6-8-25(11-13)19(27)29-20(2,3)4)9-16(23-12)24-18-21-10-15(30-18)17(26)28-5/h9-10,13H,6-8,11H2,1-5H3,(H,21,22,23,24)/t13-/m0/s1. The summed E-state index contributed by atoms with van der Waals surface area (Å²) in [5, 5.41) is 3.67. The number of nitrogens with zero attached hydrogens (tertiary/aromatic N) is 4. The first-order chi connectivity index (χ1) is 14.1. The van der Waals surface area contributed by atoms with Crippen molar-refractivity contribution in [1.29, 1.82) is 0 Å². The number of methoxy groups -OCH3 is 1. The molecule has 0 radical (unpaired) electrons.